The monoisotopic (exact) mass is 825 g/mol. The summed E-state index contributed by atoms with van der Waals surface area (Å²) in [5, 5.41) is 7.07. The molecule has 0 radical (unpaired) electrons. The molecule has 0 aliphatic heterocycles. The number of anilines is 3. The fraction of sp³-hybridized carbons (Fsp3) is 0.0159. The Morgan fingerprint density at radius 1 is 0.323 bits per heavy atom. The molecule has 2 heteroatoms. The van der Waals surface area contributed by atoms with Crippen LogP contribution < -0.4 is 4.90 Å². The van der Waals surface area contributed by atoms with Gasteiger partial charge in [0, 0.05) is 27.6 Å². The summed E-state index contributed by atoms with van der Waals surface area (Å²) in [7, 11) is 0. The molecule has 0 atom stereocenters. The van der Waals surface area contributed by atoms with Crippen molar-refractivity contribution in [3.8, 4) is 44.5 Å². The molecule has 0 N–H and O–H groups in total. The molecule has 65 heavy (non-hydrogen) atoms. The zero-order chi connectivity index (χ0) is 42.6. The minimum absolute atomic E-state index is 0.478. The largest absolute Gasteiger partial charge is 0.453 e. The summed E-state index contributed by atoms with van der Waals surface area (Å²) >= 11 is 0. The van der Waals surface area contributed by atoms with Crippen LogP contribution in [0, 0.1) is 0 Å². The van der Waals surface area contributed by atoms with Crippen molar-refractivity contribution in [1.29, 1.82) is 0 Å². The van der Waals surface area contributed by atoms with Gasteiger partial charge in [0.05, 0.1) is 16.8 Å². The van der Waals surface area contributed by atoms with E-state index in [9.17, 15) is 0 Å². The molecule has 1 heterocycles. The van der Waals surface area contributed by atoms with Gasteiger partial charge >= 0.3 is 0 Å². The van der Waals surface area contributed by atoms with Gasteiger partial charge in [-0.05, 0) is 108 Å². The van der Waals surface area contributed by atoms with Crippen LogP contribution in [0.25, 0.3) is 88.0 Å². The van der Waals surface area contributed by atoms with E-state index in [0.29, 0.717) is 0 Å². The van der Waals surface area contributed by atoms with E-state index in [-0.39, 0.29) is 0 Å². The lowest BCUT2D eigenvalue weighted by atomic mass is 9.70. The molecule has 14 rings (SSSR count). The quantitative estimate of drug-likeness (QED) is 0.172. The van der Waals surface area contributed by atoms with Gasteiger partial charge < -0.3 is 9.32 Å². The molecular weight excluding hydrogens is 787 g/mol. The molecule has 0 saturated carbocycles. The number of hydrogen-bond acceptors (Lipinski definition) is 2. The Morgan fingerprint density at radius 2 is 0.846 bits per heavy atom. The van der Waals surface area contributed by atoms with Crippen molar-refractivity contribution >= 4 is 60.5 Å². The summed E-state index contributed by atoms with van der Waals surface area (Å²) in [6.45, 7) is 0. The van der Waals surface area contributed by atoms with Crippen LogP contribution in [0.3, 0.4) is 0 Å². The van der Waals surface area contributed by atoms with Gasteiger partial charge in [-0.15, -0.1) is 0 Å². The molecule has 0 fully saturated rings. The number of furan rings is 1. The number of hydrogen-bond donors (Lipinski definition) is 0. The summed E-state index contributed by atoms with van der Waals surface area (Å²) in [6, 6.07) is 86.8. The van der Waals surface area contributed by atoms with Gasteiger partial charge in [0.2, 0.25) is 0 Å². The van der Waals surface area contributed by atoms with Crippen LogP contribution in [0.1, 0.15) is 22.3 Å². The molecule has 302 valence electrons. The van der Waals surface area contributed by atoms with E-state index in [1.807, 2.05) is 0 Å². The maximum Gasteiger partial charge on any atom is 0.159 e. The fourth-order valence-electron chi connectivity index (χ4n) is 11.6. The molecule has 2 nitrogen and oxygen atoms in total. The van der Waals surface area contributed by atoms with Gasteiger partial charge in [-0.3, -0.25) is 0 Å². The van der Waals surface area contributed by atoms with E-state index in [1.165, 1.54) is 77.2 Å². The summed E-state index contributed by atoms with van der Waals surface area (Å²) in [5.74, 6) is 0. The maximum absolute atomic E-state index is 7.38. The first kappa shape index (κ1) is 36.1. The van der Waals surface area contributed by atoms with Gasteiger partial charge in [-0.2, -0.15) is 0 Å². The molecule has 0 unspecified atom stereocenters. The zero-order valence-corrected chi connectivity index (χ0v) is 35.4. The number of benzene rings is 11. The lowest BCUT2D eigenvalue weighted by Crippen LogP contribution is -2.26. The first-order chi connectivity index (χ1) is 32.3. The van der Waals surface area contributed by atoms with Gasteiger partial charge in [-0.25, -0.2) is 0 Å². The van der Waals surface area contributed by atoms with Crippen LogP contribution in [0.2, 0.25) is 0 Å². The molecule has 2 aliphatic carbocycles. The molecule has 12 aromatic rings. The highest BCUT2D eigenvalue weighted by Crippen LogP contribution is 2.65. The Bertz CT molecular complexity index is 3840. The second-order valence-corrected chi connectivity index (χ2v) is 17.5. The average molecular weight is 826 g/mol. The Labute approximate surface area is 376 Å². The molecule has 0 bridgehead atoms. The Hall–Kier alpha value is -8.46. The molecular formula is C63H39NO. The van der Waals surface area contributed by atoms with Crippen molar-refractivity contribution in [1.82, 2.24) is 0 Å². The second-order valence-electron chi connectivity index (χ2n) is 17.5. The minimum Gasteiger partial charge on any atom is -0.453 e. The maximum atomic E-state index is 7.38. The zero-order valence-electron chi connectivity index (χ0n) is 35.4. The average Bonchev–Trinajstić information content (AvgIpc) is 4.02. The van der Waals surface area contributed by atoms with Crippen LogP contribution in [0.4, 0.5) is 17.1 Å². The molecule has 1 spiro atoms. The third kappa shape index (κ3) is 4.99. The second kappa shape index (κ2) is 13.8. The van der Waals surface area contributed by atoms with Crippen LogP contribution in [-0.2, 0) is 5.41 Å². The number of fused-ring (bicyclic) bond motifs is 16. The Balaban J connectivity index is 1.07. The van der Waals surface area contributed by atoms with Crippen molar-refractivity contribution in [2.45, 2.75) is 5.41 Å². The van der Waals surface area contributed by atoms with E-state index in [1.54, 1.807) is 0 Å². The van der Waals surface area contributed by atoms with Crippen molar-refractivity contribution in [3.05, 3.63) is 259 Å². The predicted molar refractivity (Wildman–Crippen MR) is 271 cm³/mol. The summed E-state index contributed by atoms with van der Waals surface area (Å²) < 4.78 is 7.38. The van der Waals surface area contributed by atoms with Gasteiger partial charge in [-0.1, -0.05) is 206 Å². The van der Waals surface area contributed by atoms with Crippen LogP contribution >= 0.6 is 0 Å². The van der Waals surface area contributed by atoms with Gasteiger partial charge in [0.25, 0.3) is 0 Å². The van der Waals surface area contributed by atoms with Crippen LogP contribution in [0.5, 0.6) is 0 Å². The SMILES string of the molecule is c1ccc(-c2cc3ccccc3c3c2oc2c(N(c4ccc(-c5cccc6ccccc56)cc4)c4cccc5c4-c4ccccc4C54c5ccccc5-c5ccccc54)cccc23)cc1. The predicted octanol–water partition coefficient (Wildman–Crippen LogP) is 17.0. The van der Waals surface area contributed by atoms with E-state index in [4.69, 9.17) is 4.42 Å². The minimum atomic E-state index is -0.478. The van der Waals surface area contributed by atoms with Crippen molar-refractivity contribution < 1.29 is 4.42 Å². The van der Waals surface area contributed by atoms with Crippen LogP contribution in [0.15, 0.2) is 241 Å². The lowest BCUT2D eigenvalue weighted by Gasteiger charge is -2.31. The van der Waals surface area contributed by atoms with Gasteiger partial charge in [0.1, 0.15) is 5.58 Å². The molecule has 11 aromatic carbocycles. The third-order valence-corrected chi connectivity index (χ3v) is 14.3. The summed E-state index contributed by atoms with van der Waals surface area (Å²) in [5.41, 5.74) is 19.3. The molecule has 1 aromatic heterocycles. The third-order valence-electron chi connectivity index (χ3n) is 14.3. The standard InChI is InChI=1S/C63H39NO/c1-2-17-41(18-3-1)52-39-43-20-5-7-23-47(43)59-51-28-15-34-58(61(51)65-62(52)59)64(44-37-35-42(36-38-44)46-27-14-21-40-19-4-6-22-45(40)46)57-33-16-32-56-60(57)50-26-10-13-31-55(50)63(56)53-29-11-8-24-48(53)49-25-9-12-30-54(49)63/h1-39H. The van der Waals surface area contributed by atoms with Crippen molar-refractivity contribution in [2.24, 2.45) is 0 Å². The van der Waals surface area contributed by atoms with Crippen LogP contribution in [-0.4, -0.2) is 0 Å². The number of rotatable bonds is 5. The first-order valence-corrected chi connectivity index (χ1v) is 22.5. The normalized spacial score (nSPS) is 13.0. The summed E-state index contributed by atoms with van der Waals surface area (Å²) in [4.78, 5) is 2.46. The first-order valence-electron chi connectivity index (χ1n) is 22.5. The van der Waals surface area contributed by atoms with E-state index < -0.39 is 5.41 Å². The molecule has 2 aliphatic rings. The Kier molecular flexibility index (Phi) is 7.64. The van der Waals surface area contributed by atoms with E-state index in [2.05, 4.69) is 241 Å². The lowest BCUT2D eigenvalue weighted by molar-refractivity contribution is 0.670. The van der Waals surface area contributed by atoms with Crippen molar-refractivity contribution in [3.63, 3.8) is 0 Å². The Morgan fingerprint density at radius 3 is 1.62 bits per heavy atom. The highest BCUT2D eigenvalue weighted by molar-refractivity contribution is 6.24. The number of nitrogens with zero attached hydrogens (tertiary/aromatic N) is 1. The summed E-state index contributed by atoms with van der Waals surface area (Å²) in [6.07, 6.45) is 0. The smallest absolute Gasteiger partial charge is 0.159 e. The van der Waals surface area contributed by atoms with E-state index in [0.717, 1.165) is 50.1 Å². The molecule has 0 saturated heterocycles. The van der Waals surface area contributed by atoms with Gasteiger partial charge in [0.15, 0.2) is 5.58 Å². The molecule has 0 amide bonds. The van der Waals surface area contributed by atoms with Crippen molar-refractivity contribution in [2.75, 3.05) is 4.90 Å². The number of para-hydroxylation sites is 1. The topological polar surface area (TPSA) is 16.4 Å². The fourth-order valence-corrected chi connectivity index (χ4v) is 11.6. The van der Waals surface area contributed by atoms with E-state index >= 15 is 0 Å². The highest BCUT2D eigenvalue weighted by atomic mass is 16.3. The highest BCUT2D eigenvalue weighted by Gasteiger charge is 2.52.